The number of primary amides is 1. The average Bonchev–Trinajstić information content (AvgIpc) is 3.40. The first kappa shape index (κ1) is 19.4. The molecule has 3 N–H and O–H groups in total. The van der Waals surface area contributed by atoms with Gasteiger partial charge in [0, 0.05) is 53.9 Å². The van der Waals surface area contributed by atoms with Gasteiger partial charge in [0.05, 0.1) is 5.56 Å². The van der Waals surface area contributed by atoms with Gasteiger partial charge in [-0.2, -0.15) is 0 Å². The van der Waals surface area contributed by atoms with Gasteiger partial charge in [-0.25, -0.2) is 0 Å². The summed E-state index contributed by atoms with van der Waals surface area (Å²) in [5.74, 6) is -0.150. The highest BCUT2D eigenvalue weighted by atomic mass is 16.1. The monoisotopic (exact) mass is 406 g/mol. The number of nitrogens with two attached hydrogens (primary N) is 1. The van der Waals surface area contributed by atoms with E-state index in [1.807, 2.05) is 18.2 Å². The Labute approximate surface area is 177 Å². The van der Waals surface area contributed by atoms with Crippen molar-refractivity contribution in [2.24, 2.45) is 11.1 Å². The topological polar surface area (TPSA) is 80.4 Å². The van der Waals surface area contributed by atoms with Gasteiger partial charge < -0.3 is 20.5 Å². The third-order valence-electron chi connectivity index (χ3n) is 6.67. The summed E-state index contributed by atoms with van der Waals surface area (Å²) in [6.45, 7) is 6.13. The Morgan fingerprint density at radius 3 is 2.67 bits per heavy atom. The molecule has 5 rings (SSSR count). The number of ketones is 1. The number of carbonyl (C=O) groups excluding carboxylic acids is 2. The molecule has 6 heteroatoms. The predicted molar refractivity (Wildman–Crippen MR) is 117 cm³/mol. The number of hydrogen-bond acceptors (Lipinski definition) is 4. The van der Waals surface area contributed by atoms with E-state index in [2.05, 4.69) is 35.7 Å². The summed E-state index contributed by atoms with van der Waals surface area (Å²) < 4.78 is 2.29. The molecule has 2 heterocycles. The van der Waals surface area contributed by atoms with E-state index in [0.717, 1.165) is 61.4 Å². The van der Waals surface area contributed by atoms with Crippen LogP contribution in [-0.2, 0) is 19.4 Å². The minimum absolute atomic E-state index is 0.0586. The number of nitrogens with zero attached hydrogens (tertiary/aromatic N) is 2. The molecule has 3 aliphatic rings. The first-order chi connectivity index (χ1) is 14.2. The smallest absolute Gasteiger partial charge is 0.250 e. The molecule has 1 saturated carbocycles. The Morgan fingerprint density at radius 1 is 1.20 bits per heavy atom. The van der Waals surface area contributed by atoms with Crippen LogP contribution in [0.1, 0.15) is 70.8 Å². The number of benzene rings is 1. The van der Waals surface area contributed by atoms with E-state index >= 15 is 0 Å². The Morgan fingerprint density at radius 2 is 1.97 bits per heavy atom. The minimum Gasteiger partial charge on any atom is -0.382 e. The molecule has 0 bridgehead atoms. The summed E-state index contributed by atoms with van der Waals surface area (Å²) in [5.41, 5.74) is 12.4. The molecule has 0 unspecified atom stereocenters. The normalized spacial score (nSPS) is 20.6. The third-order valence-corrected chi connectivity index (χ3v) is 6.67. The molecule has 1 fully saturated rings. The predicted octanol–water partition coefficient (Wildman–Crippen LogP) is 3.29. The fourth-order valence-corrected chi connectivity index (χ4v) is 5.10. The number of aromatic nitrogens is 1. The molecule has 0 spiro atoms. The first-order valence-electron chi connectivity index (χ1n) is 10.9. The van der Waals surface area contributed by atoms with Crippen molar-refractivity contribution < 1.29 is 9.59 Å². The van der Waals surface area contributed by atoms with Gasteiger partial charge in [-0.15, -0.1) is 0 Å². The zero-order valence-corrected chi connectivity index (χ0v) is 18.0. The lowest BCUT2D eigenvalue weighted by Gasteiger charge is -2.30. The maximum absolute atomic E-state index is 13.2. The number of hydrogen-bond donors (Lipinski definition) is 2. The lowest BCUT2D eigenvalue weighted by Crippen LogP contribution is -2.29. The van der Waals surface area contributed by atoms with Gasteiger partial charge in [0.2, 0.25) is 0 Å². The largest absolute Gasteiger partial charge is 0.382 e. The van der Waals surface area contributed by atoms with Gasteiger partial charge in [-0.3, -0.25) is 9.59 Å². The highest BCUT2D eigenvalue weighted by Gasteiger charge is 2.38. The van der Waals surface area contributed by atoms with Crippen molar-refractivity contribution in [3.63, 3.8) is 0 Å². The molecule has 158 valence electrons. The van der Waals surface area contributed by atoms with E-state index in [4.69, 9.17) is 5.73 Å². The molecule has 30 heavy (non-hydrogen) atoms. The van der Waals surface area contributed by atoms with Crippen LogP contribution in [0, 0.1) is 5.41 Å². The Bertz CT molecular complexity index is 1060. The van der Waals surface area contributed by atoms with Crippen molar-refractivity contribution in [3.8, 4) is 5.69 Å². The van der Waals surface area contributed by atoms with Crippen LogP contribution in [0.3, 0.4) is 0 Å². The molecule has 2 aliphatic carbocycles. The van der Waals surface area contributed by atoms with Crippen molar-refractivity contribution in [1.29, 1.82) is 0 Å². The van der Waals surface area contributed by atoms with Gasteiger partial charge in [0.1, 0.15) is 0 Å². The maximum atomic E-state index is 13.2. The molecule has 0 saturated heterocycles. The number of fused-ring (bicyclic) bond motifs is 3. The van der Waals surface area contributed by atoms with Crippen molar-refractivity contribution in [2.45, 2.75) is 58.5 Å². The van der Waals surface area contributed by atoms with Crippen LogP contribution < -0.4 is 11.1 Å². The number of likely N-dealkylation sites (N-methyl/N-ethyl adjacent to an activating group) is 1. The molecule has 0 atom stereocenters. The van der Waals surface area contributed by atoms with E-state index in [0.29, 0.717) is 18.0 Å². The highest BCUT2D eigenvalue weighted by Crippen LogP contribution is 2.42. The average molecular weight is 407 g/mol. The third kappa shape index (κ3) is 3.23. The SMILES string of the molecule is CN1CCc2c3c(n(-c4ccc(C(N)=O)c(NC5CC5)c4)c2C1)CC(C)(C)CC3=O. The molecule has 1 aromatic heterocycles. The van der Waals surface area contributed by atoms with E-state index < -0.39 is 5.91 Å². The van der Waals surface area contributed by atoms with Crippen LogP contribution in [0.4, 0.5) is 5.69 Å². The lowest BCUT2D eigenvalue weighted by molar-refractivity contribution is 0.0909. The van der Waals surface area contributed by atoms with Gasteiger partial charge in [0.25, 0.3) is 5.91 Å². The van der Waals surface area contributed by atoms with Crippen LogP contribution in [-0.4, -0.2) is 40.8 Å². The second kappa shape index (κ2) is 6.71. The van der Waals surface area contributed by atoms with Crippen LogP contribution >= 0.6 is 0 Å². The second-order valence-corrected chi connectivity index (χ2v) is 10.0. The van der Waals surface area contributed by atoms with Crippen molar-refractivity contribution in [1.82, 2.24) is 9.47 Å². The number of Topliss-reactive ketones (excluding diaryl/α,β-unsaturated/α-hetero) is 1. The van der Waals surface area contributed by atoms with E-state index in [9.17, 15) is 9.59 Å². The zero-order valence-electron chi connectivity index (χ0n) is 18.0. The van der Waals surface area contributed by atoms with E-state index in [-0.39, 0.29) is 11.2 Å². The summed E-state index contributed by atoms with van der Waals surface area (Å²) in [4.78, 5) is 27.5. The molecular formula is C24H30N4O2. The first-order valence-corrected chi connectivity index (χ1v) is 10.9. The van der Waals surface area contributed by atoms with Crippen LogP contribution in [0.15, 0.2) is 18.2 Å². The fraction of sp³-hybridized carbons (Fsp3) is 0.500. The summed E-state index contributed by atoms with van der Waals surface area (Å²) >= 11 is 0. The molecule has 1 aromatic carbocycles. The van der Waals surface area contributed by atoms with E-state index in [1.54, 1.807) is 0 Å². The van der Waals surface area contributed by atoms with Gasteiger partial charge >= 0.3 is 0 Å². The number of anilines is 1. The molecule has 1 aliphatic heterocycles. The summed E-state index contributed by atoms with van der Waals surface area (Å²) in [7, 11) is 2.13. The van der Waals surface area contributed by atoms with Crippen molar-refractivity contribution in [3.05, 3.63) is 46.3 Å². The molecule has 1 amide bonds. The Balaban J connectivity index is 1.71. The minimum atomic E-state index is -0.419. The van der Waals surface area contributed by atoms with Gasteiger partial charge in [-0.05, 0) is 61.9 Å². The lowest BCUT2D eigenvalue weighted by atomic mass is 9.75. The fourth-order valence-electron chi connectivity index (χ4n) is 5.10. The zero-order chi connectivity index (χ0) is 21.2. The number of rotatable bonds is 4. The van der Waals surface area contributed by atoms with Crippen molar-refractivity contribution in [2.75, 3.05) is 18.9 Å². The molecule has 6 nitrogen and oxygen atoms in total. The molecule has 0 radical (unpaired) electrons. The summed E-state index contributed by atoms with van der Waals surface area (Å²) in [6, 6.07) is 6.25. The number of carbonyl (C=O) groups is 2. The van der Waals surface area contributed by atoms with Gasteiger partial charge in [0.15, 0.2) is 5.78 Å². The van der Waals surface area contributed by atoms with Crippen molar-refractivity contribution >= 4 is 17.4 Å². The highest BCUT2D eigenvalue weighted by molar-refractivity contribution is 6.01. The quantitative estimate of drug-likeness (QED) is 0.816. The number of nitrogens with one attached hydrogen (secondary N) is 1. The van der Waals surface area contributed by atoms with Crippen LogP contribution in [0.2, 0.25) is 0 Å². The maximum Gasteiger partial charge on any atom is 0.250 e. The summed E-state index contributed by atoms with van der Waals surface area (Å²) in [5, 5.41) is 3.47. The standard InChI is InChI=1S/C24H30N4O2/c1-24(2)11-19-22(21(29)12-24)17-8-9-27(3)13-20(17)28(19)15-6-7-16(23(25)30)18(10-15)26-14-4-5-14/h6-7,10,14,26H,4-5,8-9,11-13H2,1-3H3,(H2,25,30). The molecular weight excluding hydrogens is 376 g/mol. The van der Waals surface area contributed by atoms with Crippen LogP contribution in [0.25, 0.3) is 5.69 Å². The van der Waals surface area contributed by atoms with Gasteiger partial charge in [-0.1, -0.05) is 13.8 Å². The second-order valence-electron chi connectivity index (χ2n) is 10.0. The Kier molecular flexibility index (Phi) is 4.33. The molecule has 2 aromatic rings. The summed E-state index contributed by atoms with van der Waals surface area (Å²) in [6.07, 6.45) is 4.60. The van der Waals surface area contributed by atoms with Crippen LogP contribution in [0.5, 0.6) is 0 Å². The number of amides is 1. The Hall–Kier alpha value is -2.60. The van der Waals surface area contributed by atoms with E-state index in [1.165, 1.54) is 11.3 Å².